The van der Waals surface area contributed by atoms with Gasteiger partial charge in [-0.05, 0) is 31.0 Å². The standard InChI is InChI=1S/C21H19N3S/c1-14-7-6-10-17(11-14)19-12-18-20(22-13-23-21(18)25-19)24-15(2)16-8-4-3-5-9-16/h3-13,15H,1-2H3,(H,22,23,24)/t15-/m1/s1. The highest BCUT2D eigenvalue weighted by molar-refractivity contribution is 7.21. The Hall–Kier alpha value is -2.72. The Labute approximate surface area is 151 Å². The third-order valence-corrected chi connectivity index (χ3v) is 5.38. The van der Waals surface area contributed by atoms with Crippen molar-refractivity contribution >= 4 is 27.4 Å². The van der Waals surface area contributed by atoms with Crippen LogP contribution in [0.1, 0.15) is 24.1 Å². The number of rotatable bonds is 4. The first-order chi connectivity index (χ1) is 12.2. The van der Waals surface area contributed by atoms with Crippen molar-refractivity contribution < 1.29 is 0 Å². The summed E-state index contributed by atoms with van der Waals surface area (Å²) in [6.45, 7) is 4.27. The van der Waals surface area contributed by atoms with Gasteiger partial charge >= 0.3 is 0 Å². The molecule has 0 aliphatic rings. The smallest absolute Gasteiger partial charge is 0.138 e. The van der Waals surface area contributed by atoms with Crippen LogP contribution >= 0.6 is 11.3 Å². The highest BCUT2D eigenvalue weighted by Crippen LogP contribution is 2.36. The van der Waals surface area contributed by atoms with Crippen molar-refractivity contribution in [3.63, 3.8) is 0 Å². The van der Waals surface area contributed by atoms with Crippen molar-refractivity contribution in [2.24, 2.45) is 0 Å². The molecule has 0 saturated heterocycles. The van der Waals surface area contributed by atoms with Crippen LogP contribution in [0, 0.1) is 6.92 Å². The van der Waals surface area contributed by atoms with Gasteiger partial charge < -0.3 is 5.32 Å². The normalized spacial score (nSPS) is 12.2. The van der Waals surface area contributed by atoms with Gasteiger partial charge in [-0.25, -0.2) is 9.97 Å². The summed E-state index contributed by atoms with van der Waals surface area (Å²) >= 11 is 1.71. The molecule has 0 aliphatic carbocycles. The van der Waals surface area contributed by atoms with Crippen LogP contribution in [0.3, 0.4) is 0 Å². The van der Waals surface area contributed by atoms with Gasteiger partial charge in [0, 0.05) is 10.9 Å². The van der Waals surface area contributed by atoms with Gasteiger partial charge in [0.25, 0.3) is 0 Å². The van der Waals surface area contributed by atoms with Crippen molar-refractivity contribution in [3.8, 4) is 10.4 Å². The van der Waals surface area contributed by atoms with Gasteiger partial charge in [0.2, 0.25) is 0 Å². The van der Waals surface area contributed by atoms with Crippen LogP contribution in [0.4, 0.5) is 5.82 Å². The number of thiophene rings is 1. The summed E-state index contributed by atoms with van der Waals surface area (Å²) in [6.07, 6.45) is 1.64. The van der Waals surface area contributed by atoms with Crippen molar-refractivity contribution in [2.75, 3.05) is 5.32 Å². The highest BCUT2D eigenvalue weighted by Gasteiger charge is 2.13. The molecular weight excluding hydrogens is 326 g/mol. The fourth-order valence-corrected chi connectivity index (χ4v) is 3.94. The first-order valence-corrected chi connectivity index (χ1v) is 9.15. The summed E-state index contributed by atoms with van der Waals surface area (Å²) in [7, 11) is 0. The van der Waals surface area contributed by atoms with E-state index in [9.17, 15) is 0 Å². The van der Waals surface area contributed by atoms with Crippen LogP contribution in [0.5, 0.6) is 0 Å². The average Bonchev–Trinajstić information content (AvgIpc) is 3.08. The van der Waals surface area contributed by atoms with E-state index in [0.29, 0.717) is 0 Å². The molecule has 25 heavy (non-hydrogen) atoms. The molecule has 1 N–H and O–H groups in total. The number of hydrogen-bond donors (Lipinski definition) is 1. The number of nitrogens with zero attached hydrogens (tertiary/aromatic N) is 2. The number of aromatic nitrogens is 2. The maximum atomic E-state index is 4.48. The molecule has 4 heteroatoms. The van der Waals surface area contributed by atoms with Crippen LogP contribution in [-0.2, 0) is 0 Å². The predicted octanol–water partition coefficient (Wildman–Crippen LogP) is 5.84. The lowest BCUT2D eigenvalue weighted by Gasteiger charge is -2.15. The largest absolute Gasteiger partial charge is 0.363 e. The average molecular weight is 345 g/mol. The molecular formula is C21H19N3S. The lowest BCUT2D eigenvalue weighted by Crippen LogP contribution is -2.08. The van der Waals surface area contributed by atoms with Crippen molar-refractivity contribution in [2.45, 2.75) is 19.9 Å². The van der Waals surface area contributed by atoms with Gasteiger partial charge in [-0.15, -0.1) is 11.3 Å². The van der Waals surface area contributed by atoms with E-state index in [0.717, 1.165) is 16.0 Å². The molecule has 4 rings (SSSR count). The number of hydrogen-bond acceptors (Lipinski definition) is 4. The minimum Gasteiger partial charge on any atom is -0.363 e. The van der Waals surface area contributed by atoms with E-state index >= 15 is 0 Å². The Balaban J connectivity index is 1.70. The lowest BCUT2D eigenvalue weighted by molar-refractivity contribution is 0.876. The summed E-state index contributed by atoms with van der Waals surface area (Å²) < 4.78 is 0. The Morgan fingerprint density at radius 2 is 1.80 bits per heavy atom. The molecule has 4 aromatic rings. The summed E-state index contributed by atoms with van der Waals surface area (Å²) in [4.78, 5) is 11.2. The first kappa shape index (κ1) is 15.8. The van der Waals surface area contributed by atoms with E-state index < -0.39 is 0 Å². The Bertz CT molecular complexity index is 1010. The maximum absolute atomic E-state index is 4.48. The predicted molar refractivity (Wildman–Crippen MR) is 106 cm³/mol. The molecule has 0 aliphatic heterocycles. The van der Waals surface area contributed by atoms with Crippen molar-refractivity contribution in [1.82, 2.24) is 9.97 Å². The number of fused-ring (bicyclic) bond motifs is 1. The highest BCUT2D eigenvalue weighted by atomic mass is 32.1. The molecule has 1 atom stereocenters. The maximum Gasteiger partial charge on any atom is 0.138 e. The van der Waals surface area contributed by atoms with Crippen molar-refractivity contribution in [1.29, 1.82) is 0 Å². The van der Waals surface area contributed by atoms with E-state index in [2.05, 4.69) is 83.7 Å². The van der Waals surface area contributed by atoms with Crippen LogP contribution in [0.2, 0.25) is 0 Å². The fourth-order valence-electron chi connectivity index (χ4n) is 2.94. The van der Waals surface area contributed by atoms with Crippen LogP contribution < -0.4 is 5.32 Å². The summed E-state index contributed by atoms with van der Waals surface area (Å²) in [5.41, 5.74) is 3.73. The summed E-state index contributed by atoms with van der Waals surface area (Å²) in [5.74, 6) is 0.886. The molecule has 0 unspecified atom stereocenters. The third-order valence-electron chi connectivity index (χ3n) is 4.28. The number of anilines is 1. The first-order valence-electron chi connectivity index (χ1n) is 8.34. The molecule has 3 nitrogen and oxygen atoms in total. The zero-order valence-electron chi connectivity index (χ0n) is 14.2. The Morgan fingerprint density at radius 3 is 2.60 bits per heavy atom. The van der Waals surface area contributed by atoms with E-state index in [4.69, 9.17) is 0 Å². The molecule has 0 fully saturated rings. The second-order valence-corrected chi connectivity index (χ2v) is 7.23. The molecule has 2 heterocycles. The lowest BCUT2D eigenvalue weighted by atomic mass is 10.1. The quantitative estimate of drug-likeness (QED) is 0.505. The van der Waals surface area contributed by atoms with Gasteiger partial charge in [-0.3, -0.25) is 0 Å². The molecule has 0 saturated carbocycles. The molecule has 0 bridgehead atoms. The van der Waals surface area contributed by atoms with Gasteiger partial charge in [-0.1, -0.05) is 60.2 Å². The van der Waals surface area contributed by atoms with Gasteiger partial charge in [0.05, 0.1) is 5.39 Å². The zero-order chi connectivity index (χ0) is 17.2. The van der Waals surface area contributed by atoms with E-state index in [1.54, 1.807) is 17.7 Å². The molecule has 2 aromatic carbocycles. The van der Waals surface area contributed by atoms with Crippen LogP contribution in [0.25, 0.3) is 20.7 Å². The molecule has 0 spiro atoms. The van der Waals surface area contributed by atoms with Crippen molar-refractivity contribution in [3.05, 3.63) is 78.1 Å². The summed E-state index contributed by atoms with van der Waals surface area (Å²) in [5, 5.41) is 4.61. The second-order valence-electron chi connectivity index (χ2n) is 6.20. The monoisotopic (exact) mass is 345 g/mol. The minimum atomic E-state index is 0.182. The molecule has 0 radical (unpaired) electrons. The van der Waals surface area contributed by atoms with E-state index in [1.165, 1.54) is 21.6 Å². The summed E-state index contributed by atoms with van der Waals surface area (Å²) in [6, 6.07) is 21.3. The van der Waals surface area contributed by atoms with Gasteiger partial charge in [0.1, 0.15) is 17.0 Å². The van der Waals surface area contributed by atoms with Crippen LogP contribution in [-0.4, -0.2) is 9.97 Å². The van der Waals surface area contributed by atoms with Gasteiger partial charge in [0.15, 0.2) is 0 Å². The fraction of sp³-hybridized carbons (Fsp3) is 0.143. The SMILES string of the molecule is Cc1cccc(-c2cc3c(N[C@H](C)c4ccccc4)ncnc3s2)c1. The second kappa shape index (κ2) is 6.65. The topological polar surface area (TPSA) is 37.8 Å². The third kappa shape index (κ3) is 3.26. The minimum absolute atomic E-state index is 0.182. The number of benzene rings is 2. The van der Waals surface area contributed by atoms with E-state index in [1.807, 2.05) is 6.07 Å². The molecule has 0 amide bonds. The number of aryl methyl sites for hydroxylation is 1. The van der Waals surface area contributed by atoms with E-state index in [-0.39, 0.29) is 6.04 Å². The Morgan fingerprint density at radius 1 is 0.960 bits per heavy atom. The molecule has 124 valence electrons. The van der Waals surface area contributed by atoms with Gasteiger partial charge in [-0.2, -0.15) is 0 Å². The number of nitrogens with one attached hydrogen (secondary N) is 1. The zero-order valence-corrected chi connectivity index (χ0v) is 15.0. The molecule has 2 aromatic heterocycles. The van der Waals surface area contributed by atoms with Crippen LogP contribution in [0.15, 0.2) is 67.0 Å². The Kier molecular flexibility index (Phi) is 4.20.